The van der Waals surface area contributed by atoms with Gasteiger partial charge in [0.1, 0.15) is 5.82 Å². The summed E-state index contributed by atoms with van der Waals surface area (Å²) in [5.74, 6) is -0.461. The zero-order chi connectivity index (χ0) is 11.4. The van der Waals surface area contributed by atoms with E-state index in [9.17, 15) is 9.50 Å². The molecule has 0 heterocycles. The zero-order valence-corrected chi connectivity index (χ0v) is 9.39. The minimum Gasteiger partial charge on any atom is -0.388 e. The van der Waals surface area contributed by atoms with Crippen molar-refractivity contribution in [1.29, 1.82) is 0 Å². The van der Waals surface area contributed by atoms with E-state index in [-0.39, 0.29) is 10.6 Å². The minimum atomic E-state index is -0.865. The van der Waals surface area contributed by atoms with Gasteiger partial charge in [-0.1, -0.05) is 23.2 Å². The Labute approximate surface area is 94.2 Å². The first-order valence-electron chi connectivity index (χ1n) is 4.78. The van der Waals surface area contributed by atoms with Gasteiger partial charge in [0.25, 0.3) is 0 Å². The Bertz CT molecular complexity index is 342. The molecule has 82 valence electrons. The van der Waals surface area contributed by atoms with E-state index in [0.717, 1.165) is 5.57 Å². The van der Waals surface area contributed by atoms with Gasteiger partial charge in [-0.2, -0.15) is 0 Å². The molecule has 0 saturated carbocycles. The van der Waals surface area contributed by atoms with Crippen molar-refractivity contribution >= 4 is 11.6 Å². The Kier molecular flexibility index (Phi) is 4.30. The fraction of sp³-hybridized carbons (Fsp3) is 0.333. The molecule has 0 aromatic heterocycles. The quantitative estimate of drug-likeness (QED) is 0.776. The molecule has 1 rings (SSSR count). The predicted octanol–water partition coefficient (Wildman–Crippen LogP) is 3.87. The van der Waals surface area contributed by atoms with E-state index in [1.165, 1.54) is 12.1 Å². The van der Waals surface area contributed by atoms with Crippen molar-refractivity contribution in [3.8, 4) is 0 Å². The molecule has 0 amide bonds. The second-order valence-corrected chi connectivity index (χ2v) is 4.05. The number of rotatable bonds is 4. The van der Waals surface area contributed by atoms with Crippen LogP contribution < -0.4 is 0 Å². The standard InChI is InChI=1S/C12H14ClFO/c1-8(2)6-7-11(15)12-9(13)4-3-5-10(12)14/h3-5,11,15H,1,6-7H2,2H3. The number of allylic oxidation sites excluding steroid dienone is 1. The van der Waals surface area contributed by atoms with Crippen LogP contribution in [-0.4, -0.2) is 5.11 Å². The fourth-order valence-corrected chi connectivity index (χ4v) is 1.65. The molecule has 1 unspecified atom stereocenters. The van der Waals surface area contributed by atoms with Gasteiger partial charge in [0.15, 0.2) is 0 Å². The molecule has 1 nitrogen and oxygen atoms in total. The van der Waals surface area contributed by atoms with Crippen molar-refractivity contribution in [2.75, 3.05) is 0 Å². The third kappa shape index (κ3) is 3.33. The molecule has 1 aromatic rings. The van der Waals surface area contributed by atoms with Crippen LogP contribution in [0.1, 0.15) is 31.4 Å². The van der Waals surface area contributed by atoms with E-state index < -0.39 is 11.9 Å². The maximum Gasteiger partial charge on any atom is 0.130 e. The Morgan fingerprint density at radius 1 is 1.60 bits per heavy atom. The van der Waals surface area contributed by atoms with Crippen LogP contribution in [0.25, 0.3) is 0 Å². The van der Waals surface area contributed by atoms with Crippen molar-refractivity contribution in [3.63, 3.8) is 0 Å². The first-order chi connectivity index (χ1) is 7.02. The van der Waals surface area contributed by atoms with Crippen LogP contribution in [0.4, 0.5) is 4.39 Å². The normalized spacial score (nSPS) is 12.5. The number of aliphatic hydroxyl groups is 1. The molecule has 15 heavy (non-hydrogen) atoms. The number of benzene rings is 1. The number of hydrogen-bond acceptors (Lipinski definition) is 1. The molecule has 0 aliphatic carbocycles. The van der Waals surface area contributed by atoms with Gasteiger partial charge in [-0.3, -0.25) is 0 Å². The van der Waals surface area contributed by atoms with E-state index in [2.05, 4.69) is 6.58 Å². The molecule has 1 atom stereocenters. The summed E-state index contributed by atoms with van der Waals surface area (Å²) < 4.78 is 13.4. The molecule has 0 fully saturated rings. The maximum absolute atomic E-state index is 13.4. The zero-order valence-electron chi connectivity index (χ0n) is 8.63. The first kappa shape index (κ1) is 12.2. The van der Waals surface area contributed by atoms with Gasteiger partial charge in [-0.05, 0) is 31.9 Å². The van der Waals surface area contributed by atoms with Crippen LogP contribution in [0.2, 0.25) is 5.02 Å². The molecule has 3 heteroatoms. The number of aliphatic hydroxyl groups excluding tert-OH is 1. The Morgan fingerprint density at radius 3 is 2.80 bits per heavy atom. The molecule has 1 aromatic carbocycles. The van der Waals surface area contributed by atoms with E-state index in [1.807, 2.05) is 6.92 Å². The van der Waals surface area contributed by atoms with Crippen LogP contribution >= 0.6 is 11.6 Å². The molecule has 0 bridgehead atoms. The van der Waals surface area contributed by atoms with E-state index in [1.54, 1.807) is 6.07 Å². The molecule has 0 radical (unpaired) electrons. The molecular weight excluding hydrogens is 215 g/mol. The van der Waals surface area contributed by atoms with Gasteiger partial charge in [-0.25, -0.2) is 4.39 Å². The van der Waals surface area contributed by atoms with Crippen LogP contribution in [0.5, 0.6) is 0 Å². The second-order valence-electron chi connectivity index (χ2n) is 3.65. The van der Waals surface area contributed by atoms with Crippen molar-refractivity contribution in [1.82, 2.24) is 0 Å². The Hall–Kier alpha value is -0.860. The van der Waals surface area contributed by atoms with Gasteiger partial charge in [0, 0.05) is 10.6 Å². The highest BCUT2D eigenvalue weighted by molar-refractivity contribution is 6.31. The predicted molar refractivity (Wildman–Crippen MR) is 60.4 cm³/mol. The SMILES string of the molecule is C=C(C)CCC(O)c1c(F)cccc1Cl. The lowest BCUT2D eigenvalue weighted by atomic mass is 10.0. The minimum absolute atomic E-state index is 0.181. The van der Waals surface area contributed by atoms with E-state index >= 15 is 0 Å². The molecular formula is C12H14ClFO. The van der Waals surface area contributed by atoms with Gasteiger partial charge in [-0.15, -0.1) is 6.58 Å². The summed E-state index contributed by atoms with van der Waals surface area (Å²) in [4.78, 5) is 0. The number of halogens is 2. The lowest BCUT2D eigenvalue weighted by molar-refractivity contribution is 0.163. The molecule has 0 aliphatic rings. The van der Waals surface area contributed by atoms with Gasteiger partial charge in [0.05, 0.1) is 6.10 Å². The largest absolute Gasteiger partial charge is 0.388 e. The van der Waals surface area contributed by atoms with Crippen LogP contribution in [0.15, 0.2) is 30.4 Å². The van der Waals surface area contributed by atoms with Crippen LogP contribution in [-0.2, 0) is 0 Å². The van der Waals surface area contributed by atoms with Crippen molar-refractivity contribution in [3.05, 3.63) is 46.8 Å². The van der Waals surface area contributed by atoms with Crippen molar-refractivity contribution in [2.45, 2.75) is 25.9 Å². The van der Waals surface area contributed by atoms with Crippen molar-refractivity contribution in [2.24, 2.45) is 0 Å². The molecule has 1 N–H and O–H groups in total. The highest BCUT2D eigenvalue weighted by atomic mass is 35.5. The lowest BCUT2D eigenvalue weighted by Crippen LogP contribution is -2.01. The van der Waals surface area contributed by atoms with Gasteiger partial charge < -0.3 is 5.11 Å². The van der Waals surface area contributed by atoms with Gasteiger partial charge in [0.2, 0.25) is 0 Å². The molecule has 0 spiro atoms. The third-order valence-corrected chi connectivity index (χ3v) is 2.51. The van der Waals surface area contributed by atoms with Crippen molar-refractivity contribution < 1.29 is 9.50 Å². The Morgan fingerprint density at radius 2 is 2.27 bits per heavy atom. The highest BCUT2D eigenvalue weighted by Gasteiger charge is 2.15. The Balaban J connectivity index is 2.81. The fourth-order valence-electron chi connectivity index (χ4n) is 1.36. The summed E-state index contributed by atoms with van der Waals surface area (Å²) >= 11 is 5.82. The average molecular weight is 229 g/mol. The summed E-state index contributed by atoms with van der Waals surface area (Å²) in [6, 6.07) is 4.39. The van der Waals surface area contributed by atoms with Gasteiger partial charge >= 0.3 is 0 Å². The highest BCUT2D eigenvalue weighted by Crippen LogP contribution is 2.29. The second kappa shape index (κ2) is 5.29. The van der Waals surface area contributed by atoms with Crippen LogP contribution in [0.3, 0.4) is 0 Å². The maximum atomic E-state index is 13.4. The topological polar surface area (TPSA) is 20.2 Å². The third-order valence-electron chi connectivity index (χ3n) is 2.18. The first-order valence-corrected chi connectivity index (χ1v) is 5.16. The lowest BCUT2D eigenvalue weighted by Gasteiger charge is -2.13. The summed E-state index contributed by atoms with van der Waals surface area (Å²) in [5, 5.41) is 10.0. The monoisotopic (exact) mass is 228 g/mol. The summed E-state index contributed by atoms with van der Waals surface area (Å²) in [6.07, 6.45) is 0.234. The van der Waals surface area contributed by atoms with E-state index in [0.29, 0.717) is 12.8 Å². The summed E-state index contributed by atoms with van der Waals surface area (Å²) in [6.45, 7) is 5.60. The smallest absolute Gasteiger partial charge is 0.130 e. The summed E-state index contributed by atoms with van der Waals surface area (Å²) in [5.41, 5.74) is 1.14. The molecule has 0 aliphatic heterocycles. The average Bonchev–Trinajstić information content (AvgIpc) is 2.14. The van der Waals surface area contributed by atoms with E-state index in [4.69, 9.17) is 11.6 Å². The van der Waals surface area contributed by atoms with Crippen LogP contribution in [0, 0.1) is 5.82 Å². The summed E-state index contributed by atoms with van der Waals surface area (Å²) in [7, 11) is 0. The molecule has 0 saturated heterocycles. The number of hydrogen-bond donors (Lipinski definition) is 1.